The van der Waals surface area contributed by atoms with E-state index in [2.05, 4.69) is 10.3 Å². The van der Waals surface area contributed by atoms with E-state index in [0.717, 1.165) is 17.7 Å². The molecular formula is C22H18ClF3N4O2. The number of hydrogen-bond acceptors (Lipinski definition) is 4. The molecule has 0 saturated heterocycles. The number of benzene rings is 2. The number of carbonyl (C=O) groups excluding carboxylic acids is 1. The fourth-order valence-electron chi connectivity index (χ4n) is 2.78. The van der Waals surface area contributed by atoms with E-state index in [1.807, 2.05) is 0 Å². The van der Waals surface area contributed by atoms with Crippen molar-refractivity contribution in [1.29, 1.82) is 5.41 Å². The number of aromatic nitrogens is 1. The number of aryl methyl sites for hydroxylation is 1. The van der Waals surface area contributed by atoms with Crippen molar-refractivity contribution in [2.24, 2.45) is 5.73 Å². The largest absolute Gasteiger partial charge is 0.457 e. The van der Waals surface area contributed by atoms with E-state index in [1.165, 1.54) is 12.3 Å². The van der Waals surface area contributed by atoms with Gasteiger partial charge in [-0.2, -0.15) is 13.2 Å². The molecule has 0 spiro atoms. The van der Waals surface area contributed by atoms with E-state index in [-0.39, 0.29) is 17.9 Å². The molecule has 0 atom stereocenters. The summed E-state index contributed by atoms with van der Waals surface area (Å²) in [5.74, 6) is 0.421. The van der Waals surface area contributed by atoms with Crippen LogP contribution in [-0.4, -0.2) is 16.7 Å². The summed E-state index contributed by atoms with van der Waals surface area (Å²) < 4.78 is 44.5. The molecule has 3 rings (SSSR count). The van der Waals surface area contributed by atoms with Crippen LogP contribution in [0.2, 0.25) is 5.02 Å². The Hall–Kier alpha value is -3.59. The van der Waals surface area contributed by atoms with E-state index in [4.69, 9.17) is 27.5 Å². The fourth-order valence-corrected chi connectivity index (χ4v) is 3.01. The monoisotopic (exact) mass is 462 g/mol. The van der Waals surface area contributed by atoms with E-state index >= 15 is 0 Å². The average molecular weight is 463 g/mol. The standard InChI is InChI=1S/C22H18ClF3N4O2/c23-18-7-4-14(11-17(18)22(24,25)26)30-20(31)8-3-13-1-5-15(6-2-13)32-16-9-10-29-19(12-16)21(27)28/h1-2,4-7,9-12H,3,8H2,(H3,27,28)(H,30,31). The van der Waals surface area contributed by atoms with Crippen LogP contribution in [0, 0.1) is 5.41 Å². The zero-order chi connectivity index (χ0) is 23.3. The summed E-state index contributed by atoms with van der Waals surface area (Å²) in [6.45, 7) is 0. The third-order valence-corrected chi connectivity index (χ3v) is 4.69. The molecule has 1 heterocycles. The molecule has 1 aromatic heterocycles. The Morgan fingerprint density at radius 2 is 1.81 bits per heavy atom. The smallest absolute Gasteiger partial charge is 0.417 e. The molecule has 1 amide bonds. The zero-order valence-electron chi connectivity index (χ0n) is 16.5. The van der Waals surface area contributed by atoms with Gasteiger partial charge in [-0.25, -0.2) is 0 Å². The lowest BCUT2D eigenvalue weighted by Crippen LogP contribution is -2.14. The minimum atomic E-state index is -4.61. The molecule has 0 bridgehead atoms. The summed E-state index contributed by atoms with van der Waals surface area (Å²) in [6, 6.07) is 13.4. The second-order valence-corrected chi connectivity index (χ2v) is 7.18. The first-order valence-corrected chi connectivity index (χ1v) is 9.73. The molecule has 0 aliphatic heterocycles. The number of nitrogens with zero attached hydrogens (tertiary/aromatic N) is 1. The maximum Gasteiger partial charge on any atom is 0.417 e. The van der Waals surface area contributed by atoms with E-state index in [1.54, 1.807) is 36.4 Å². The Labute approximate surface area is 186 Å². The minimum Gasteiger partial charge on any atom is -0.457 e. The van der Waals surface area contributed by atoms with E-state index in [0.29, 0.717) is 23.6 Å². The highest BCUT2D eigenvalue weighted by molar-refractivity contribution is 6.31. The number of pyridine rings is 1. The SMILES string of the molecule is N=C(N)c1cc(Oc2ccc(CCC(=O)Nc3ccc(Cl)c(C(F)(F)F)c3)cc2)ccn1. The number of nitrogens with two attached hydrogens (primary N) is 1. The van der Waals surface area contributed by atoms with Gasteiger partial charge in [0.1, 0.15) is 23.0 Å². The van der Waals surface area contributed by atoms with Gasteiger partial charge in [0.2, 0.25) is 5.91 Å². The number of amidine groups is 1. The van der Waals surface area contributed by atoms with Crippen molar-refractivity contribution in [3.8, 4) is 11.5 Å². The van der Waals surface area contributed by atoms with Gasteiger partial charge >= 0.3 is 6.18 Å². The van der Waals surface area contributed by atoms with Crippen molar-refractivity contribution in [2.75, 3.05) is 5.32 Å². The quantitative estimate of drug-likeness (QED) is 0.323. The van der Waals surface area contributed by atoms with Gasteiger partial charge in [0.25, 0.3) is 0 Å². The van der Waals surface area contributed by atoms with Crippen LogP contribution in [0.5, 0.6) is 11.5 Å². The summed E-state index contributed by atoms with van der Waals surface area (Å²) in [5.41, 5.74) is 5.58. The van der Waals surface area contributed by atoms with Crippen molar-refractivity contribution in [3.05, 3.63) is 82.6 Å². The molecule has 0 saturated carbocycles. The second-order valence-electron chi connectivity index (χ2n) is 6.78. The molecule has 0 aliphatic carbocycles. The summed E-state index contributed by atoms with van der Waals surface area (Å²) >= 11 is 5.58. The van der Waals surface area contributed by atoms with Gasteiger partial charge < -0.3 is 15.8 Å². The summed E-state index contributed by atoms with van der Waals surface area (Å²) in [6.07, 6.45) is -2.66. The number of nitrogen functional groups attached to an aromatic ring is 1. The van der Waals surface area contributed by atoms with Crippen LogP contribution >= 0.6 is 11.6 Å². The maximum absolute atomic E-state index is 12.9. The van der Waals surface area contributed by atoms with E-state index in [9.17, 15) is 18.0 Å². The van der Waals surface area contributed by atoms with Gasteiger partial charge in [-0.1, -0.05) is 23.7 Å². The lowest BCUT2D eigenvalue weighted by atomic mass is 10.1. The third-order valence-electron chi connectivity index (χ3n) is 4.36. The highest BCUT2D eigenvalue weighted by Crippen LogP contribution is 2.36. The first-order valence-electron chi connectivity index (χ1n) is 9.35. The molecule has 166 valence electrons. The molecule has 3 aromatic rings. The van der Waals surface area contributed by atoms with Crippen LogP contribution in [-0.2, 0) is 17.4 Å². The van der Waals surface area contributed by atoms with Crippen LogP contribution in [0.25, 0.3) is 0 Å². The summed E-state index contributed by atoms with van der Waals surface area (Å²) in [4.78, 5) is 16.1. The Bertz CT molecular complexity index is 1130. The van der Waals surface area contributed by atoms with Crippen molar-refractivity contribution >= 4 is 29.0 Å². The van der Waals surface area contributed by atoms with Gasteiger partial charge in [0, 0.05) is 24.4 Å². The van der Waals surface area contributed by atoms with Crippen LogP contribution in [0.4, 0.5) is 18.9 Å². The normalized spacial score (nSPS) is 11.1. The molecule has 6 nitrogen and oxygen atoms in total. The molecule has 4 N–H and O–H groups in total. The first kappa shape index (κ1) is 23.1. The average Bonchev–Trinajstić information content (AvgIpc) is 2.74. The Morgan fingerprint density at radius 1 is 1.09 bits per heavy atom. The van der Waals surface area contributed by atoms with Gasteiger partial charge in [-0.3, -0.25) is 15.2 Å². The molecule has 10 heteroatoms. The van der Waals surface area contributed by atoms with Gasteiger partial charge in [-0.15, -0.1) is 0 Å². The van der Waals surface area contributed by atoms with Gasteiger partial charge in [0.05, 0.1) is 10.6 Å². The number of alkyl halides is 3. The molecule has 0 aliphatic rings. The molecule has 0 radical (unpaired) electrons. The number of rotatable bonds is 7. The summed E-state index contributed by atoms with van der Waals surface area (Å²) in [7, 11) is 0. The van der Waals surface area contributed by atoms with Crippen LogP contribution in [0.15, 0.2) is 60.8 Å². The molecule has 0 unspecified atom stereocenters. The number of halogens is 4. The molecular weight excluding hydrogens is 445 g/mol. The predicted molar refractivity (Wildman–Crippen MR) is 115 cm³/mol. The number of hydrogen-bond donors (Lipinski definition) is 3. The Morgan fingerprint density at radius 3 is 2.47 bits per heavy atom. The second kappa shape index (κ2) is 9.69. The highest BCUT2D eigenvalue weighted by Gasteiger charge is 2.33. The number of nitrogens with one attached hydrogen (secondary N) is 2. The fraction of sp³-hybridized carbons (Fsp3) is 0.136. The highest BCUT2D eigenvalue weighted by atomic mass is 35.5. The maximum atomic E-state index is 12.9. The number of amides is 1. The lowest BCUT2D eigenvalue weighted by molar-refractivity contribution is -0.137. The minimum absolute atomic E-state index is 0.0257. The van der Waals surface area contributed by atoms with Crippen LogP contribution < -0.4 is 15.8 Å². The van der Waals surface area contributed by atoms with Crippen molar-refractivity contribution in [2.45, 2.75) is 19.0 Å². The van der Waals surface area contributed by atoms with Gasteiger partial charge in [-0.05, 0) is 48.4 Å². The topological polar surface area (TPSA) is 101 Å². The predicted octanol–water partition coefficient (Wildman–Crippen LogP) is 5.40. The molecule has 32 heavy (non-hydrogen) atoms. The number of carbonyl (C=O) groups is 1. The zero-order valence-corrected chi connectivity index (χ0v) is 17.3. The Kier molecular flexibility index (Phi) is 6.99. The lowest BCUT2D eigenvalue weighted by Gasteiger charge is -2.12. The van der Waals surface area contributed by atoms with Crippen molar-refractivity contribution < 1.29 is 22.7 Å². The molecule has 0 fully saturated rings. The summed E-state index contributed by atoms with van der Waals surface area (Å²) in [5, 5.41) is 9.44. The first-order chi connectivity index (χ1) is 15.1. The Balaban J connectivity index is 1.56. The van der Waals surface area contributed by atoms with E-state index < -0.39 is 22.7 Å². The van der Waals surface area contributed by atoms with Crippen molar-refractivity contribution in [1.82, 2.24) is 4.98 Å². The number of ether oxygens (including phenoxy) is 1. The van der Waals surface area contributed by atoms with Crippen LogP contribution in [0.3, 0.4) is 0 Å². The molecule has 2 aromatic carbocycles. The van der Waals surface area contributed by atoms with Gasteiger partial charge in [0.15, 0.2) is 0 Å². The number of anilines is 1. The third kappa shape index (κ3) is 6.21. The van der Waals surface area contributed by atoms with Crippen molar-refractivity contribution in [3.63, 3.8) is 0 Å². The van der Waals surface area contributed by atoms with Crippen LogP contribution in [0.1, 0.15) is 23.2 Å².